The maximum Gasteiger partial charge on any atom is 0.243 e. The van der Waals surface area contributed by atoms with Gasteiger partial charge in [-0.2, -0.15) is 0 Å². The van der Waals surface area contributed by atoms with Crippen LogP contribution in [0.15, 0.2) is 46.9 Å². The second-order valence-corrected chi connectivity index (χ2v) is 6.12. The second kappa shape index (κ2) is 8.49. The van der Waals surface area contributed by atoms with E-state index >= 15 is 0 Å². The average Bonchev–Trinajstić information content (AvgIpc) is 2.57. The summed E-state index contributed by atoms with van der Waals surface area (Å²) < 4.78 is 0.832. The molecule has 2 aromatic carbocycles. The van der Waals surface area contributed by atoms with Crippen molar-refractivity contribution in [2.24, 2.45) is 0 Å². The zero-order valence-electron chi connectivity index (χ0n) is 13.7. The van der Waals surface area contributed by atoms with Gasteiger partial charge in [-0.15, -0.1) is 0 Å². The minimum atomic E-state index is -0.149. The van der Waals surface area contributed by atoms with Crippen molar-refractivity contribution in [2.75, 3.05) is 22.5 Å². The molecule has 0 spiro atoms. The smallest absolute Gasteiger partial charge is 0.243 e. The molecular formula is C18H20BrN3O2. The van der Waals surface area contributed by atoms with Gasteiger partial charge in [0.05, 0.1) is 12.2 Å². The lowest BCUT2D eigenvalue weighted by Gasteiger charge is -2.14. The Morgan fingerprint density at radius 2 is 1.54 bits per heavy atom. The number of hydrogen-bond acceptors (Lipinski definition) is 3. The molecule has 0 heterocycles. The highest BCUT2D eigenvalue weighted by Gasteiger charge is 2.09. The van der Waals surface area contributed by atoms with Crippen LogP contribution in [0, 0.1) is 6.92 Å². The first-order chi connectivity index (χ1) is 11.5. The number of carbonyl (C=O) groups excluding carboxylic acids is 2. The van der Waals surface area contributed by atoms with Gasteiger partial charge in [0.25, 0.3) is 0 Å². The Kier molecular flexibility index (Phi) is 6.37. The minimum absolute atomic E-state index is 0.0399. The number of carbonyl (C=O) groups is 2. The predicted octanol–water partition coefficient (Wildman–Crippen LogP) is 4.16. The molecule has 6 heteroatoms. The lowest BCUT2D eigenvalue weighted by molar-refractivity contribution is -0.116. The topological polar surface area (TPSA) is 70.2 Å². The summed E-state index contributed by atoms with van der Waals surface area (Å²) in [5.41, 5.74) is 3.18. The monoisotopic (exact) mass is 389 g/mol. The van der Waals surface area contributed by atoms with Crippen LogP contribution >= 0.6 is 15.9 Å². The summed E-state index contributed by atoms with van der Waals surface area (Å²) in [7, 11) is 0. The standard InChI is InChI=1S/C18H20BrN3O2/c1-3-17(23)21-15-10-6-9-14(12(15)2)20-11-18(24)22-16-8-5-4-7-13(16)19/h4-10,20H,3,11H2,1-2H3,(H,21,23)(H,22,24). The van der Waals surface area contributed by atoms with Gasteiger partial charge >= 0.3 is 0 Å². The summed E-state index contributed by atoms with van der Waals surface area (Å²) in [6.07, 6.45) is 0.422. The molecule has 24 heavy (non-hydrogen) atoms. The first-order valence-electron chi connectivity index (χ1n) is 7.69. The van der Waals surface area contributed by atoms with Crippen LogP contribution in [0.2, 0.25) is 0 Å². The van der Waals surface area contributed by atoms with E-state index in [-0.39, 0.29) is 18.4 Å². The molecule has 0 saturated heterocycles. The van der Waals surface area contributed by atoms with Crippen molar-refractivity contribution < 1.29 is 9.59 Å². The van der Waals surface area contributed by atoms with Gasteiger partial charge in [0, 0.05) is 22.3 Å². The van der Waals surface area contributed by atoms with Crippen LogP contribution < -0.4 is 16.0 Å². The Morgan fingerprint density at radius 3 is 2.25 bits per heavy atom. The third-order valence-electron chi connectivity index (χ3n) is 3.52. The third kappa shape index (κ3) is 4.83. The van der Waals surface area contributed by atoms with E-state index < -0.39 is 0 Å². The molecule has 0 aliphatic heterocycles. The highest BCUT2D eigenvalue weighted by Crippen LogP contribution is 2.24. The van der Waals surface area contributed by atoms with Gasteiger partial charge in [-0.1, -0.05) is 25.1 Å². The van der Waals surface area contributed by atoms with Crippen molar-refractivity contribution >= 4 is 44.8 Å². The molecule has 2 rings (SSSR count). The maximum absolute atomic E-state index is 12.1. The van der Waals surface area contributed by atoms with Gasteiger partial charge in [0.1, 0.15) is 0 Å². The van der Waals surface area contributed by atoms with Gasteiger partial charge < -0.3 is 16.0 Å². The Bertz CT molecular complexity index is 747. The molecule has 0 fully saturated rings. The number of anilines is 3. The van der Waals surface area contributed by atoms with E-state index in [1.807, 2.05) is 49.4 Å². The number of amides is 2. The third-order valence-corrected chi connectivity index (χ3v) is 4.21. The van der Waals surface area contributed by atoms with E-state index in [0.717, 1.165) is 27.1 Å². The summed E-state index contributed by atoms with van der Waals surface area (Å²) >= 11 is 3.40. The summed E-state index contributed by atoms with van der Waals surface area (Å²) in [6, 6.07) is 13.0. The molecule has 2 amide bonds. The number of para-hydroxylation sites is 1. The van der Waals surface area contributed by atoms with Crippen LogP contribution in [-0.2, 0) is 9.59 Å². The average molecular weight is 390 g/mol. The molecule has 2 aromatic rings. The summed E-state index contributed by atoms with van der Waals surface area (Å²) in [5.74, 6) is -0.189. The normalized spacial score (nSPS) is 10.1. The Hall–Kier alpha value is -2.34. The van der Waals surface area contributed by atoms with E-state index in [4.69, 9.17) is 0 Å². The fourth-order valence-electron chi connectivity index (χ4n) is 2.13. The van der Waals surface area contributed by atoms with E-state index in [2.05, 4.69) is 31.9 Å². The van der Waals surface area contributed by atoms with Gasteiger partial charge in [-0.25, -0.2) is 0 Å². The molecule has 0 aliphatic rings. The molecule has 3 N–H and O–H groups in total. The molecule has 0 saturated carbocycles. The van der Waals surface area contributed by atoms with Crippen molar-refractivity contribution in [2.45, 2.75) is 20.3 Å². The lowest BCUT2D eigenvalue weighted by Crippen LogP contribution is -2.22. The highest BCUT2D eigenvalue weighted by atomic mass is 79.9. The fourth-order valence-corrected chi connectivity index (χ4v) is 2.52. The van der Waals surface area contributed by atoms with Crippen LogP contribution in [0.4, 0.5) is 17.1 Å². The fraction of sp³-hybridized carbons (Fsp3) is 0.222. The molecule has 5 nitrogen and oxygen atoms in total. The van der Waals surface area contributed by atoms with E-state index in [0.29, 0.717) is 6.42 Å². The lowest BCUT2D eigenvalue weighted by atomic mass is 10.1. The quantitative estimate of drug-likeness (QED) is 0.694. The van der Waals surface area contributed by atoms with Gasteiger partial charge in [0.2, 0.25) is 11.8 Å². The molecule has 126 valence electrons. The number of rotatable bonds is 6. The first-order valence-corrected chi connectivity index (χ1v) is 8.48. The van der Waals surface area contributed by atoms with Gasteiger partial charge in [0.15, 0.2) is 0 Å². The maximum atomic E-state index is 12.1. The molecule has 0 bridgehead atoms. The van der Waals surface area contributed by atoms with Crippen LogP contribution in [0.25, 0.3) is 0 Å². The molecule has 0 unspecified atom stereocenters. The van der Waals surface area contributed by atoms with E-state index in [1.165, 1.54) is 0 Å². The van der Waals surface area contributed by atoms with Crippen molar-refractivity contribution in [3.05, 3.63) is 52.5 Å². The van der Waals surface area contributed by atoms with Crippen LogP contribution in [0.5, 0.6) is 0 Å². The molecule has 0 radical (unpaired) electrons. The first kappa shape index (κ1) is 18.0. The largest absolute Gasteiger partial charge is 0.376 e. The number of benzene rings is 2. The Balaban J connectivity index is 1.99. The second-order valence-electron chi connectivity index (χ2n) is 5.26. The van der Waals surface area contributed by atoms with E-state index in [9.17, 15) is 9.59 Å². The number of halogens is 1. The molecule has 0 aliphatic carbocycles. The zero-order chi connectivity index (χ0) is 17.5. The summed E-state index contributed by atoms with van der Waals surface area (Å²) in [6.45, 7) is 3.84. The Labute approximate surface area is 150 Å². The SMILES string of the molecule is CCC(=O)Nc1cccc(NCC(=O)Nc2ccccc2Br)c1C. The van der Waals surface area contributed by atoms with Gasteiger partial charge in [-0.05, 0) is 52.7 Å². The van der Waals surface area contributed by atoms with Crippen molar-refractivity contribution in [1.29, 1.82) is 0 Å². The van der Waals surface area contributed by atoms with E-state index in [1.54, 1.807) is 6.92 Å². The zero-order valence-corrected chi connectivity index (χ0v) is 15.2. The van der Waals surface area contributed by atoms with Crippen LogP contribution in [0.1, 0.15) is 18.9 Å². The Morgan fingerprint density at radius 1 is 0.917 bits per heavy atom. The predicted molar refractivity (Wildman–Crippen MR) is 101 cm³/mol. The molecule has 0 atom stereocenters. The van der Waals surface area contributed by atoms with Crippen LogP contribution in [0.3, 0.4) is 0 Å². The molecular weight excluding hydrogens is 370 g/mol. The number of nitrogens with one attached hydrogen (secondary N) is 3. The van der Waals surface area contributed by atoms with Crippen LogP contribution in [-0.4, -0.2) is 18.4 Å². The van der Waals surface area contributed by atoms with Crippen molar-refractivity contribution in [3.8, 4) is 0 Å². The molecule has 0 aromatic heterocycles. The highest BCUT2D eigenvalue weighted by molar-refractivity contribution is 9.10. The van der Waals surface area contributed by atoms with Gasteiger partial charge in [-0.3, -0.25) is 9.59 Å². The van der Waals surface area contributed by atoms with Crippen molar-refractivity contribution in [3.63, 3.8) is 0 Å². The minimum Gasteiger partial charge on any atom is -0.376 e. The summed E-state index contributed by atoms with van der Waals surface area (Å²) in [5, 5.41) is 8.79. The number of hydrogen-bond donors (Lipinski definition) is 3. The van der Waals surface area contributed by atoms with Crippen molar-refractivity contribution in [1.82, 2.24) is 0 Å². The summed E-state index contributed by atoms with van der Waals surface area (Å²) in [4.78, 5) is 23.6.